The zero-order valence-corrected chi connectivity index (χ0v) is 10.4. The van der Waals surface area contributed by atoms with Gasteiger partial charge in [0.1, 0.15) is 0 Å². The van der Waals surface area contributed by atoms with E-state index in [1.807, 2.05) is 18.2 Å². The van der Waals surface area contributed by atoms with Crippen molar-refractivity contribution in [1.29, 1.82) is 0 Å². The second-order valence-corrected chi connectivity index (χ2v) is 5.19. The molecule has 1 aliphatic heterocycles. The first-order chi connectivity index (χ1) is 6.75. The predicted octanol–water partition coefficient (Wildman–Crippen LogP) is 3.62. The second-order valence-electron chi connectivity index (χ2n) is 2.78. The molecule has 2 rings (SSSR count). The molecule has 0 saturated heterocycles. The quantitative estimate of drug-likeness (QED) is 0.854. The molecule has 0 atom stereocenters. The SMILES string of the molecule is Clc1ccc(Br)cc1NC1=NCCS1. The average molecular weight is 292 g/mol. The van der Waals surface area contributed by atoms with Gasteiger partial charge in [-0.15, -0.1) is 0 Å². The van der Waals surface area contributed by atoms with Crippen molar-refractivity contribution in [3.05, 3.63) is 27.7 Å². The van der Waals surface area contributed by atoms with E-state index in [2.05, 4.69) is 26.2 Å². The van der Waals surface area contributed by atoms with Gasteiger partial charge in [0.2, 0.25) is 0 Å². The van der Waals surface area contributed by atoms with Crippen LogP contribution in [0.5, 0.6) is 0 Å². The van der Waals surface area contributed by atoms with Crippen molar-refractivity contribution in [3.8, 4) is 0 Å². The Hall–Kier alpha value is -0.190. The van der Waals surface area contributed by atoms with Crippen LogP contribution < -0.4 is 5.32 Å². The Morgan fingerprint density at radius 3 is 3.07 bits per heavy atom. The monoisotopic (exact) mass is 290 g/mol. The largest absolute Gasteiger partial charge is 0.334 e. The van der Waals surface area contributed by atoms with Crippen molar-refractivity contribution in [3.63, 3.8) is 0 Å². The molecular weight excluding hydrogens is 284 g/mol. The van der Waals surface area contributed by atoms with E-state index in [4.69, 9.17) is 11.6 Å². The van der Waals surface area contributed by atoms with Gasteiger partial charge in [0.15, 0.2) is 5.17 Å². The van der Waals surface area contributed by atoms with Crippen molar-refractivity contribution in [2.45, 2.75) is 0 Å². The lowest BCUT2D eigenvalue weighted by molar-refractivity contribution is 1.17. The third-order valence-electron chi connectivity index (χ3n) is 1.76. The summed E-state index contributed by atoms with van der Waals surface area (Å²) in [6.07, 6.45) is 0. The lowest BCUT2D eigenvalue weighted by Gasteiger charge is -2.07. The maximum atomic E-state index is 6.03. The number of anilines is 1. The molecule has 74 valence electrons. The molecule has 0 fully saturated rings. The summed E-state index contributed by atoms with van der Waals surface area (Å²) >= 11 is 11.1. The van der Waals surface area contributed by atoms with Crippen molar-refractivity contribution in [2.24, 2.45) is 4.99 Å². The van der Waals surface area contributed by atoms with Crippen LogP contribution in [0.2, 0.25) is 5.02 Å². The van der Waals surface area contributed by atoms with Gasteiger partial charge >= 0.3 is 0 Å². The third-order valence-corrected chi connectivity index (χ3v) is 3.47. The minimum atomic E-state index is 0.711. The molecule has 0 spiro atoms. The van der Waals surface area contributed by atoms with Gasteiger partial charge in [0.25, 0.3) is 0 Å². The van der Waals surface area contributed by atoms with Gasteiger partial charge in [-0.2, -0.15) is 0 Å². The van der Waals surface area contributed by atoms with Crippen LogP contribution in [0.1, 0.15) is 0 Å². The third kappa shape index (κ3) is 2.43. The maximum absolute atomic E-state index is 6.03. The topological polar surface area (TPSA) is 24.4 Å². The summed E-state index contributed by atoms with van der Waals surface area (Å²) in [5, 5.41) is 4.86. The fourth-order valence-corrected chi connectivity index (χ4v) is 2.39. The minimum Gasteiger partial charge on any atom is -0.334 e. The number of thioether (sulfide) groups is 1. The van der Waals surface area contributed by atoms with Crippen LogP contribution in [-0.2, 0) is 0 Å². The highest BCUT2D eigenvalue weighted by atomic mass is 79.9. The Kier molecular flexibility index (Phi) is 3.36. The van der Waals surface area contributed by atoms with Crippen molar-refractivity contribution in [2.75, 3.05) is 17.6 Å². The number of aliphatic imine (C=N–C) groups is 1. The molecule has 0 unspecified atom stereocenters. The van der Waals surface area contributed by atoms with E-state index in [1.165, 1.54) is 0 Å². The summed E-state index contributed by atoms with van der Waals surface area (Å²) in [5.41, 5.74) is 0.897. The summed E-state index contributed by atoms with van der Waals surface area (Å²) in [6.45, 7) is 0.888. The Morgan fingerprint density at radius 1 is 1.50 bits per heavy atom. The second kappa shape index (κ2) is 4.55. The predicted molar refractivity (Wildman–Crippen MR) is 67.5 cm³/mol. The first-order valence-corrected chi connectivity index (χ1v) is 6.31. The smallest absolute Gasteiger partial charge is 0.161 e. The minimum absolute atomic E-state index is 0.711. The molecule has 0 saturated carbocycles. The van der Waals surface area contributed by atoms with Crippen LogP contribution in [0.25, 0.3) is 0 Å². The number of halogens is 2. The van der Waals surface area contributed by atoms with E-state index >= 15 is 0 Å². The van der Waals surface area contributed by atoms with Crippen molar-refractivity contribution < 1.29 is 0 Å². The number of nitrogens with one attached hydrogen (secondary N) is 1. The van der Waals surface area contributed by atoms with Gasteiger partial charge in [-0.25, -0.2) is 0 Å². The van der Waals surface area contributed by atoms with Gasteiger partial charge in [-0.3, -0.25) is 4.99 Å². The molecule has 2 nitrogen and oxygen atoms in total. The zero-order valence-electron chi connectivity index (χ0n) is 7.26. The van der Waals surface area contributed by atoms with Crippen LogP contribution in [0.3, 0.4) is 0 Å². The number of amidine groups is 1. The van der Waals surface area contributed by atoms with E-state index < -0.39 is 0 Å². The summed E-state index contributed by atoms with van der Waals surface area (Å²) in [7, 11) is 0. The zero-order chi connectivity index (χ0) is 9.97. The van der Waals surface area contributed by atoms with Crippen molar-refractivity contribution >= 4 is 50.1 Å². The first-order valence-electron chi connectivity index (χ1n) is 4.15. The summed E-state index contributed by atoms with van der Waals surface area (Å²) in [5.74, 6) is 1.05. The van der Waals surface area contributed by atoms with Gasteiger partial charge < -0.3 is 5.32 Å². The number of hydrogen-bond donors (Lipinski definition) is 1. The van der Waals surface area contributed by atoms with Gasteiger partial charge in [-0.05, 0) is 18.2 Å². The fraction of sp³-hybridized carbons (Fsp3) is 0.222. The number of hydrogen-bond acceptors (Lipinski definition) is 3. The summed E-state index contributed by atoms with van der Waals surface area (Å²) in [6, 6.07) is 5.72. The van der Waals surface area contributed by atoms with Gasteiger partial charge in [0, 0.05) is 10.2 Å². The first kappa shape index (κ1) is 10.3. The maximum Gasteiger partial charge on any atom is 0.161 e. The van der Waals surface area contributed by atoms with E-state index in [9.17, 15) is 0 Å². The molecule has 1 aromatic rings. The lowest BCUT2D eigenvalue weighted by Crippen LogP contribution is -2.05. The molecular formula is C9H8BrClN2S. The number of benzene rings is 1. The number of rotatable bonds is 1. The molecule has 1 aromatic carbocycles. The molecule has 1 N–H and O–H groups in total. The van der Waals surface area contributed by atoms with E-state index in [-0.39, 0.29) is 0 Å². The van der Waals surface area contributed by atoms with E-state index in [0.29, 0.717) is 5.02 Å². The van der Waals surface area contributed by atoms with Crippen molar-refractivity contribution in [1.82, 2.24) is 0 Å². The molecule has 5 heteroatoms. The number of nitrogens with zero attached hydrogens (tertiary/aromatic N) is 1. The van der Waals surface area contributed by atoms with Crippen LogP contribution >= 0.6 is 39.3 Å². The highest BCUT2D eigenvalue weighted by molar-refractivity contribution is 9.10. The molecule has 0 aromatic heterocycles. The molecule has 0 amide bonds. The Labute approximate surface area is 100 Å². The standard InChI is InChI=1S/C9H8BrClN2S/c10-6-1-2-7(11)8(5-6)13-9-12-3-4-14-9/h1-2,5H,3-4H2,(H,12,13). The molecule has 1 heterocycles. The Morgan fingerprint density at radius 2 is 2.36 bits per heavy atom. The highest BCUT2D eigenvalue weighted by Gasteiger charge is 2.09. The Balaban J connectivity index is 2.19. The molecule has 1 aliphatic rings. The van der Waals surface area contributed by atoms with Crippen LogP contribution in [0.4, 0.5) is 5.69 Å². The summed E-state index contributed by atoms with van der Waals surface area (Å²) < 4.78 is 1.01. The Bertz CT molecular complexity index is 381. The fourth-order valence-electron chi connectivity index (χ4n) is 1.12. The van der Waals surface area contributed by atoms with E-state index in [1.54, 1.807) is 11.8 Å². The lowest BCUT2D eigenvalue weighted by atomic mass is 10.3. The molecule has 0 bridgehead atoms. The van der Waals surface area contributed by atoms with Crippen LogP contribution in [0.15, 0.2) is 27.7 Å². The molecule has 14 heavy (non-hydrogen) atoms. The van der Waals surface area contributed by atoms with Crippen LogP contribution in [0, 0.1) is 0 Å². The normalized spacial score (nSPS) is 15.4. The highest BCUT2D eigenvalue weighted by Crippen LogP contribution is 2.27. The average Bonchev–Trinajstić information content (AvgIpc) is 2.64. The molecule has 0 aliphatic carbocycles. The van der Waals surface area contributed by atoms with Gasteiger partial charge in [0.05, 0.1) is 17.3 Å². The summed E-state index contributed by atoms with van der Waals surface area (Å²) in [4.78, 5) is 4.30. The van der Waals surface area contributed by atoms with E-state index in [0.717, 1.165) is 27.6 Å². The molecule has 0 radical (unpaired) electrons. The van der Waals surface area contributed by atoms with Gasteiger partial charge in [-0.1, -0.05) is 39.3 Å². The van der Waals surface area contributed by atoms with Crippen LogP contribution in [-0.4, -0.2) is 17.5 Å².